The summed E-state index contributed by atoms with van der Waals surface area (Å²) >= 11 is 1.57. The largest absolute Gasteiger partial charge is 0.480 e. The zero-order chi connectivity index (χ0) is 37.9. The standard InChI is InChI=1S/C40H53N3O7S2/c1-6-8-22-40(26-43(31-17-13-10-14-18-31)33-24-32(51-5)19-20-34(33)52(48,49)27-40)23-21-29(4)50-25-35(44)41-37(30-15-11-9-12-16-30)38(45)42-36(39(46)47)28(3)7-2/h9-20,24,28-29,36-37H,6-8,21-23,25-27H2,1-5H3,(H,41,44)(H,42,45)(H,46,47)/t28-,29?,36+,37?,40?/m0/s1. The molecule has 2 amide bonds. The minimum absolute atomic E-state index is 0.00397. The molecule has 5 atom stereocenters. The Labute approximate surface area is 313 Å². The average Bonchev–Trinajstić information content (AvgIpc) is 3.24. The number of carbonyl (C=O) groups is 3. The number of hydrogen-bond donors (Lipinski definition) is 3. The second kappa shape index (κ2) is 18.8. The number of para-hydroxylation sites is 1. The Balaban J connectivity index is 1.50. The number of aliphatic carboxylic acids is 1. The number of hydrogen-bond acceptors (Lipinski definition) is 8. The van der Waals surface area contributed by atoms with Gasteiger partial charge in [-0.1, -0.05) is 88.6 Å². The highest BCUT2D eigenvalue weighted by Crippen LogP contribution is 2.45. The van der Waals surface area contributed by atoms with Gasteiger partial charge in [0.05, 0.1) is 22.4 Å². The molecule has 4 rings (SSSR count). The fourth-order valence-electron chi connectivity index (χ4n) is 6.74. The molecule has 0 aromatic heterocycles. The molecular formula is C40H53N3O7S2. The monoisotopic (exact) mass is 751 g/mol. The maximum absolute atomic E-state index is 14.2. The summed E-state index contributed by atoms with van der Waals surface area (Å²) in [5, 5.41) is 15.1. The van der Waals surface area contributed by atoms with Gasteiger partial charge in [0.1, 0.15) is 18.7 Å². The molecule has 10 nitrogen and oxygen atoms in total. The molecule has 12 heteroatoms. The Morgan fingerprint density at radius 2 is 1.63 bits per heavy atom. The average molecular weight is 752 g/mol. The van der Waals surface area contributed by atoms with Crippen molar-refractivity contribution in [3.63, 3.8) is 0 Å². The summed E-state index contributed by atoms with van der Waals surface area (Å²) in [6, 6.07) is 21.9. The number of nitrogens with zero attached hydrogens (tertiary/aromatic N) is 1. The van der Waals surface area contributed by atoms with E-state index in [1.165, 1.54) is 0 Å². The Kier molecular flexibility index (Phi) is 14.7. The third-order valence-electron chi connectivity index (χ3n) is 9.97. The van der Waals surface area contributed by atoms with Gasteiger partial charge in [-0.3, -0.25) is 9.59 Å². The van der Waals surface area contributed by atoms with Crippen LogP contribution in [0.2, 0.25) is 0 Å². The van der Waals surface area contributed by atoms with Crippen LogP contribution in [0.3, 0.4) is 0 Å². The summed E-state index contributed by atoms with van der Waals surface area (Å²) < 4.78 is 34.3. The number of ether oxygens (including phenoxy) is 1. The lowest BCUT2D eigenvalue weighted by atomic mass is 9.79. The number of anilines is 2. The van der Waals surface area contributed by atoms with Crippen LogP contribution < -0.4 is 15.5 Å². The van der Waals surface area contributed by atoms with E-state index in [2.05, 4.69) is 22.5 Å². The molecule has 0 bridgehead atoms. The van der Waals surface area contributed by atoms with Gasteiger partial charge in [0.15, 0.2) is 9.84 Å². The fourth-order valence-corrected chi connectivity index (χ4v) is 9.28. The van der Waals surface area contributed by atoms with E-state index in [1.54, 1.807) is 55.1 Å². The molecule has 1 heterocycles. The van der Waals surface area contributed by atoms with Crippen LogP contribution in [-0.2, 0) is 29.0 Å². The molecule has 0 saturated carbocycles. The van der Waals surface area contributed by atoms with Gasteiger partial charge >= 0.3 is 5.97 Å². The highest BCUT2D eigenvalue weighted by Gasteiger charge is 2.42. The first kappa shape index (κ1) is 40.9. The Morgan fingerprint density at radius 1 is 0.962 bits per heavy atom. The topological polar surface area (TPSA) is 142 Å². The number of fused-ring (bicyclic) bond motifs is 1. The summed E-state index contributed by atoms with van der Waals surface area (Å²) in [6.45, 7) is 7.75. The molecule has 0 aliphatic carbocycles. The van der Waals surface area contributed by atoms with Gasteiger partial charge in [-0.15, -0.1) is 11.8 Å². The number of nitrogens with one attached hydrogen (secondary N) is 2. The summed E-state index contributed by atoms with van der Waals surface area (Å²) in [6.07, 6.45) is 5.71. The zero-order valence-electron chi connectivity index (χ0n) is 30.8. The third kappa shape index (κ3) is 10.6. The van der Waals surface area contributed by atoms with Crippen molar-refractivity contribution in [3.05, 3.63) is 84.4 Å². The lowest BCUT2D eigenvalue weighted by molar-refractivity contribution is -0.144. The molecule has 1 aliphatic heterocycles. The van der Waals surface area contributed by atoms with Crippen molar-refractivity contribution >= 4 is 50.8 Å². The molecule has 3 aromatic rings. The van der Waals surface area contributed by atoms with Crippen molar-refractivity contribution in [1.29, 1.82) is 0 Å². The minimum atomic E-state index is -3.66. The van der Waals surface area contributed by atoms with Crippen molar-refractivity contribution in [3.8, 4) is 0 Å². The molecule has 52 heavy (non-hydrogen) atoms. The van der Waals surface area contributed by atoms with Gasteiger partial charge in [-0.25, -0.2) is 13.2 Å². The van der Waals surface area contributed by atoms with Crippen molar-refractivity contribution in [2.24, 2.45) is 11.3 Å². The number of amides is 2. The number of benzene rings is 3. The predicted molar refractivity (Wildman–Crippen MR) is 207 cm³/mol. The van der Waals surface area contributed by atoms with Crippen LogP contribution in [0, 0.1) is 11.3 Å². The van der Waals surface area contributed by atoms with Crippen molar-refractivity contribution in [2.75, 3.05) is 30.1 Å². The van der Waals surface area contributed by atoms with E-state index < -0.39 is 51.2 Å². The van der Waals surface area contributed by atoms with Crippen molar-refractivity contribution < 1.29 is 32.6 Å². The van der Waals surface area contributed by atoms with Crippen LogP contribution in [0.4, 0.5) is 11.4 Å². The predicted octanol–water partition coefficient (Wildman–Crippen LogP) is 7.17. The highest BCUT2D eigenvalue weighted by atomic mass is 32.2. The van der Waals surface area contributed by atoms with E-state index in [1.807, 2.05) is 62.6 Å². The Bertz CT molecular complexity index is 1760. The van der Waals surface area contributed by atoms with Crippen LogP contribution in [0.1, 0.15) is 77.8 Å². The molecule has 1 aliphatic rings. The van der Waals surface area contributed by atoms with Crippen molar-refractivity contribution in [1.82, 2.24) is 10.6 Å². The first-order valence-electron chi connectivity index (χ1n) is 18.1. The van der Waals surface area contributed by atoms with Gasteiger partial charge < -0.3 is 25.4 Å². The molecule has 3 unspecified atom stereocenters. The first-order chi connectivity index (χ1) is 24.8. The second-order valence-electron chi connectivity index (χ2n) is 13.9. The summed E-state index contributed by atoms with van der Waals surface area (Å²) in [7, 11) is -3.66. The maximum atomic E-state index is 14.2. The van der Waals surface area contributed by atoms with E-state index in [9.17, 15) is 27.9 Å². The van der Waals surface area contributed by atoms with Crippen molar-refractivity contribution in [2.45, 2.75) is 94.2 Å². The van der Waals surface area contributed by atoms with E-state index in [0.717, 1.165) is 23.4 Å². The number of unbranched alkanes of at least 4 members (excludes halogenated alkanes) is 1. The van der Waals surface area contributed by atoms with Crippen LogP contribution >= 0.6 is 11.8 Å². The van der Waals surface area contributed by atoms with E-state index in [0.29, 0.717) is 48.4 Å². The highest BCUT2D eigenvalue weighted by molar-refractivity contribution is 7.98. The molecule has 0 radical (unpaired) electrons. The normalized spacial score (nSPS) is 19.0. The van der Waals surface area contributed by atoms with Gasteiger partial charge in [0.25, 0.3) is 0 Å². The number of rotatable bonds is 18. The zero-order valence-corrected chi connectivity index (χ0v) is 32.5. The van der Waals surface area contributed by atoms with E-state index in [4.69, 9.17) is 4.74 Å². The number of sulfone groups is 1. The molecule has 0 spiro atoms. The minimum Gasteiger partial charge on any atom is -0.480 e. The maximum Gasteiger partial charge on any atom is 0.326 e. The summed E-state index contributed by atoms with van der Waals surface area (Å²) in [4.78, 5) is 42.0. The Hall–Kier alpha value is -3.87. The van der Waals surface area contributed by atoms with Gasteiger partial charge in [0.2, 0.25) is 11.8 Å². The first-order valence-corrected chi connectivity index (χ1v) is 20.9. The lowest BCUT2D eigenvalue weighted by Crippen LogP contribution is -2.50. The quantitative estimate of drug-likeness (QED) is 0.115. The van der Waals surface area contributed by atoms with Gasteiger partial charge in [-0.05, 0) is 74.3 Å². The van der Waals surface area contributed by atoms with Gasteiger partial charge in [-0.2, -0.15) is 0 Å². The molecule has 282 valence electrons. The van der Waals surface area contributed by atoms with Crippen LogP contribution in [0.25, 0.3) is 0 Å². The molecule has 3 N–H and O–H groups in total. The van der Waals surface area contributed by atoms with Crippen LogP contribution in [0.5, 0.6) is 0 Å². The molecule has 0 fully saturated rings. The van der Waals surface area contributed by atoms with Crippen LogP contribution in [0.15, 0.2) is 88.7 Å². The smallest absolute Gasteiger partial charge is 0.326 e. The number of carboxylic acid groups (broad SMARTS) is 1. The summed E-state index contributed by atoms with van der Waals surface area (Å²) in [5.74, 6) is -2.61. The van der Waals surface area contributed by atoms with E-state index in [-0.39, 0.29) is 18.3 Å². The molecule has 3 aromatic carbocycles. The SMILES string of the molecule is CCCCC1(CCC(C)OCC(=O)NC(C(=O)N[C@@H](C(=O)O)[C@@H](C)CC)c2ccccc2)CN(c2ccccc2)c2cc(SC)ccc2S(=O)(=O)C1. The third-order valence-corrected chi connectivity index (χ3v) is 12.7. The Morgan fingerprint density at radius 3 is 2.25 bits per heavy atom. The molecular weight excluding hydrogens is 699 g/mol. The lowest BCUT2D eigenvalue weighted by Gasteiger charge is -2.38. The number of thioether (sulfide) groups is 1. The van der Waals surface area contributed by atoms with Gasteiger partial charge in [0, 0.05) is 22.5 Å². The van der Waals surface area contributed by atoms with E-state index >= 15 is 0 Å². The van der Waals surface area contributed by atoms with Crippen LogP contribution in [-0.4, -0.2) is 68.6 Å². The number of carboxylic acids is 1. The number of carbonyl (C=O) groups excluding carboxylic acids is 2. The fraction of sp³-hybridized carbons (Fsp3) is 0.475. The second-order valence-corrected chi connectivity index (χ2v) is 16.7. The molecule has 0 saturated heterocycles. The summed E-state index contributed by atoms with van der Waals surface area (Å²) in [5.41, 5.74) is 1.54.